The number of rotatable bonds is 5. The first-order valence-electron chi connectivity index (χ1n) is 8.83. The molecule has 6 nitrogen and oxygen atoms in total. The first-order chi connectivity index (χ1) is 14.2. The minimum atomic E-state index is -4.51. The summed E-state index contributed by atoms with van der Waals surface area (Å²) >= 11 is 1.04. The normalized spacial score (nSPS) is 18.1. The van der Waals surface area contributed by atoms with Crippen LogP contribution < -0.4 is 10.6 Å². The van der Waals surface area contributed by atoms with E-state index in [9.17, 15) is 22.8 Å². The number of nitrogens with one attached hydrogen (secondary N) is 2. The van der Waals surface area contributed by atoms with Crippen LogP contribution in [-0.2, 0) is 15.8 Å². The molecule has 3 rings (SSSR count). The Morgan fingerprint density at radius 2 is 1.97 bits per heavy atom. The summed E-state index contributed by atoms with van der Waals surface area (Å²) in [6.07, 6.45) is -3.19. The Hall–Kier alpha value is -3.14. The van der Waals surface area contributed by atoms with E-state index >= 15 is 0 Å². The Bertz CT molecular complexity index is 1000. The zero-order valence-corrected chi connectivity index (χ0v) is 16.6. The molecule has 2 aromatic rings. The molecule has 0 radical (unpaired) electrons. The van der Waals surface area contributed by atoms with Gasteiger partial charge in [0, 0.05) is 12.1 Å². The van der Waals surface area contributed by atoms with Gasteiger partial charge in [-0.15, -0.1) is 5.10 Å². The van der Waals surface area contributed by atoms with Gasteiger partial charge in [-0.2, -0.15) is 18.3 Å². The van der Waals surface area contributed by atoms with Crippen LogP contribution in [0, 0.1) is 6.92 Å². The Kier molecular flexibility index (Phi) is 6.56. The second-order valence-electron chi connectivity index (χ2n) is 6.49. The number of nitrogens with zero attached hydrogens (tertiary/aromatic N) is 2. The summed E-state index contributed by atoms with van der Waals surface area (Å²) in [5, 5.41) is 12.3. The van der Waals surface area contributed by atoms with Gasteiger partial charge >= 0.3 is 6.18 Å². The van der Waals surface area contributed by atoms with Crippen LogP contribution in [0.3, 0.4) is 0 Å². The van der Waals surface area contributed by atoms with Crippen molar-refractivity contribution in [2.24, 2.45) is 10.2 Å². The van der Waals surface area contributed by atoms with Crippen molar-refractivity contribution < 1.29 is 22.8 Å². The second-order valence-corrected chi connectivity index (χ2v) is 7.68. The lowest BCUT2D eigenvalue weighted by atomic mass is 10.2. The van der Waals surface area contributed by atoms with Crippen molar-refractivity contribution in [3.63, 3.8) is 0 Å². The van der Waals surface area contributed by atoms with Crippen LogP contribution in [0.15, 0.2) is 58.7 Å². The second kappa shape index (κ2) is 9.12. The quantitative estimate of drug-likeness (QED) is 0.552. The van der Waals surface area contributed by atoms with Crippen LogP contribution in [0.25, 0.3) is 0 Å². The molecule has 156 valence electrons. The summed E-state index contributed by atoms with van der Waals surface area (Å²) in [5.74, 6) is -0.991. The number of benzene rings is 2. The summed E-state index contributed by atoms with van der Waals surface area (Å²) in [7, 11) is 0. The summed E-state index contributed by atoms with van der Waals surface area (Å²) in [6.45, 7) is 1.97. The molecule has 1 heterocycles. The zero-order valence-electron chi connectivity index (χ0n) is 15.7. The van der Waals surface area contributed by atoms with Gasteiger partial charge < -0.3 is 10.6 Å². The van der Waals surface area contributed by atoms with E-state index in [-0.39, 0.29) is 17.3 Å². The Labute approximate surface area is 174 Å². The number of thioether (sulfide) groups is 1. The lowest BCUT2D eigenvalue weighted by Gasteiger charge is -2.10. The number of hydrogen-bond donors (Lipinski definition) is 2. The maximum Gasteiger partial charge on any atom is 0.416 e. The third-order valence-corrected chi connectivity index (χ3v) is 5.13. The van der Waals surface area contributed by atoms with E-state index in [1.165, 1.54) is 18.3 Å². The molecule has 1 saturated heterocycles. The molecule has 0 aliphatic carbocycles. The minimum absolute atomic E-state index is 0.00909. The van der Waals surface area contributed by atoms with Gasteiger partial charge in [-0.1, -0.05) is 47.7 Å². The van der Waals surface area contributed by atoms with Crippen molar-refractivity contribution in [1.29, 1.82) is 0 Å². The van der Waals surface area contributed by atoms with E-state index < -0.39 is 28.8 Å². The monoisotopic (exact) mass is 434 g/mol. The van der Waals surface area contributed by atoms with Crippen LogP contribution in [0.1, 0.15) is 23.1 Å². The molecule has 0 unspecified atom stereocenters. The van der Waals surface area contributed by atoms with E-state index in [2.05, 4.69) is 20.8 Å². The smallest absolute Gasteiger partial charge is 0.326 e. The lowest BCUT2D eigenvalue weighted by molar-refractivity contribution is -0.137. The van der Waals surface area contributed by atoms with Gasteiger partial charge in [0.25, 0.3) is 0 Å². The molecule has 0 bridgehead atoms. The van der Waals surface area contributed by atoms with Crippen molar-refractivity contribution in [3.05, 3.63) is 65.2 Å². The van der Waals surface area contributed by atoms with E-state index in [4.69, 9.17) is 0 Å². The van der Waals surface area contributed by atoms with Gasteiger partial charge in [-0.05, 0) is 30.7 Å². The summed E-state index contributed by atoms with van der Waals surface area (Å²) in [4.78, 5) is 24.2. The number of aryl methyl sites for hydroxylation is 1. The third-order valence-electron chi connectivity index (χ3n) is 4.05. The molecule has 0 spiro atoms. The van der Waals surface area contributed by atoms with Gasteiger partial charge in [0.15, 0.2) is 5.17 Å². The largest absolute Gasteiger partial charge is 0.416 e. The molecule has 0 aromatic heterocycles. The van der Waals surface area contributed by atoms with Gasteiger partial charge in [-0.25, -0.2) is 0 Å². The third kappa shape index (κ3) is 5.93. The maximum atomic E-state index is 12.8. The summed E-state index contributed by atoms with van der Waals surface area (Å²) < 4.78 is 38.3. The Morgan fingerprint density at radius 1 is 1.23 bits per heavy atom. The van der Waals surface area contributed by atoms with Gasteiger partial charge in [0.1, 0.15) is 5.25 Å². The van der Waals surface area contributed by atoms with E-state index in [1.54, 1.807) is 0 Å². The first kappa shape index (κ1) is 21.6. The highest BCUT2D eigenvalue weighted by molar-refractivity contribution is 8.15. The highest BCUT2D eigenvalue weighted by Gasteiger charge is 2.33. The highest BCUT2D eigenvalue weighted by atomic mass is 32.2. The number of hydrogen-bond acceptors (Lipinski definition) is 5. The fourth-order valence-corrected chi connectivity index (χ4v) is 3.46. The van der Waals surface area contributed by atoms with Crippen molar-refractivity contribution in [1.82, 2.24) is 5.32 Å². The number of amides is 2. The minimum Gasteiger partial charge on any atom is -0.326 e. The molecule has 1 atom stereocenters. The average molecular weight is 434 g/mol. The van der Waals surface area contributed by atoms with Crippen LogP contribution in [-0.4, -0.2) is 28.4 Å². The number of anilines is 1. The predicted octanol–water partition coefficient (Wildman–Crippen LogP) is 3.96. The average Bonchev–Trinajstić information content (AvgIpc) is 3.02. The standard InChI is InChI=1S/C20H17F3N4O2S/c1-12-5-7-13(8-6-12)11-24-27-19-26-18(29)16(30-19)10-17(28)25-15-4-2-3-14(9-15)20(21,22)23/h2-9,11,16H,10H2,1H3,(H,25,28)(H,26,27,29)/t16-/m0/s1. The van der Waals surface area contributed by atoms with Crippen molar-refractivity contribution in [3.8, 4) is 0 Å². The molecule has 1 aliphatic heterocycles. The van der Waals surface area contributed by atoms with E-state index in [0.29, 0.717) is 0 Å². The van der Waals surface area contributed by atoms with E-state index in [1.807, 2.05) is 31.2 Å². The molecule has 30 heavy (non-hydrogen) atoms. The number of carbonyl (C=O) groups excluding carboxylic acids is 2. The molecule has 10 heteroatoms. The lowest BCUT2D eigenvalue weighted by Crippen LogP contribution is -2.28. The van der Waals surface area contributed by atoms with Crippen LogP contribution in [0.2, 0.25) is 0 Å². The van der Waals surface area contributed by atoms with Crippen molar-refractivity contribution in [2.75, 3.05) is 5.32 Å². The van der Waals surface area contributed by atoms with Crippen molar-refractivity contribution >= 4 is 40.6 Å². The van der Waals surface area contributed by atoms with Gasteiger partial charge in [0.2, 0.25) is 11.8 Å². The number of alkyl halides is 3. The molecule has 2 aromatic carbocycles. The maximum absolute atomic E-state index is 12.8. The SMILES string of the molecule is Cc1ccc(C=NN=C2NC(=O)[C@H](CC(=O)Nc3cccc(C(F)(F)F)c3)S2)cc1. The number of carbonyl (C=O) groups is 2. The number of halogens is 3. The molecule has 0 saturated carbocycles. The van der Waals surface area contributed by atoms with Crippen molar-refractivity contribution in [2.45, 2.75) is 24.8 Å². The molecule has 2 N–H and O–H groups in total. The van der Waals surface area contributed by atoms with Crippen LogP contribution in [0.4, 0.5) is 18.9 Å². The van der Waals surface area contributed by atoms with Gasteiger partial charge in [0.05, 0.1) is 11.8 Å². The topological polar surface area (TPSA) is 82.9 Å². The molecular formula is C20H17F3N4O2S. The summed E-state index contributed by atoms with van der Waals surface area (Å²) in [5.41, 5.74) is 1.10. The molecule has 1 aliphatic rings. The fourth-order valence-electron chi connectivity index (χ4n) is 2.54. The summed E-state index contributed by atoms with van der Waals surface area (Å²) in [6, 6.07) is 11.9. The molecular weight excluding hydrogens is 417 g/mol. The Morgan fingerprint density at radius 3 is 2.67 bits per heavy atom. The fraction of sp³-hybridized carbons (Fsp3) is 0.200. The molecule has 2 amide bonds. The molecule has 1 fully saturated rings. The number of amidine groups is 1. The van der Waals surface area contributed by atoms with Crippen LogP contribution in [0.5, 0.6) is 0 Å². The predicted molar refractivity (Wildman–Crippen MR) is 110 cm³/mol. The first-order valence-corrected chi connectivity index (χ1v) is 9.71. The van der Waals surface area contributed by atoms with E-state index in [0.717, 1.165) is 35.0 Å². The Balaban J connectivity index is 1.56. The van der Waals surface area contributed by atoms with Gasteiger partial charge in [-0.3, -0.25) is 9.59 Å². The van der Waals surface area contributed by atoms with Crippen LogP contribution >= 0.6 is 11.8 Å². The highest BCUT2D eigenvalue weighted by Crippen LogP contribution is 2.31. The zero-order chi connectivity index (χ0) is 21.7.